The van der Waals surface area contributed by atoms with Gasteiger partial charge in [0.05, 0.1) is 5.69 Å². The fourth-order valence-corrected chi connectivity index (χ4v) is 5.16. The van der Waals surface area contributed by atoms with Gasteiger partial charge in [0, 0.05) is 25.7 Å². The van der Waals surface area contributed by atoms with Gasteiger partial charge >= 0.3 is 10.2 Å². The minimum atomic E-state index is -3.62. The molecule has 0 spiro atoms. The molecule has 0 bridgehead atoms. The zero-order chi connectivity index (χ0) is 18.1. The van der Waals surface area contributed by atoms with Crippen LogP contribution in [0.4, 0.5) is 5.69 Å². The Balaban J connectivity index is 1.55. The lowest BCUT2D eigenvalue weighted by molar-refractivity contribution is 0.470. The molecule has 0 radical (unpaired) electrons. The van der Waals surface area contributed by atoms with Crippen LogP contribution in [0.15, 0.2) is 48.5 Å². The van der Waals surface area contributed by atoms with Gasteiger partial charge in [-0.3, -0.25) is 4.31 Å². The summed E-state index contributed by atoms with van der Waals surface area (Å²) in [5, 5.41) is 8.93. The summed E-state index contributed by atoms with van der Waals surface area (Å²) in [4.78, 5) is 1.58. The standard InChI is InChI=1S/C19H20N4O2S/c20-14-22-10-9-18(13-22)21-26(24,25)23-11-8-17-12-16(6-7-19(17)23)15-4-2-1-3-5-15/h1-7,12,18,21H,8-11,13H2. The van der Waals surface area contributed by atoms with Gasteiger partial charge in [-0.2, -0.15) is 18.4 Å². The van der Waals surface area contributed by atoms with E-state index in [1.165, 1.54) is 4.31 Å². The molecule has 2 aliphatic rings. The molecule has 2 aliphatic heterocycles. The van der Waals surface area contributed by atoms with Crippen molar-refractivity contribution in [2.24, 2.45) is 0 Å². The van der Waals surface area contributed by atoms with Gasteiger partial charge in [-0.25, -0.2) is 0 Å². The predicted molar refractivity (Wildman–Crippen MR) is 101 cm³/mol. The number of rotatable bonds is 4. The van der Waals surface area contributed by atoms with Gasteiger partial charge in [-0.1, -0.05) is 36.4 Å². The van der Waals surface area contributed by atoms with Gasteiger partial charge in [-0.15, -0.1) is 0 Å². The molecule has 0 saturated carbocycles. The fraction of sp³-hybridized carbons (Fsp3) is 0.316. The van der Waals surface area contributed by atoms with Crippen molar-refractivity contribution in [3.05, 3.63) is 54.1 Å². The summed E-state index contributed by atoms with van der Waals surface area (Å²) >= 11 is 0. The third-order valence-electron chi connectivity index (χ3n) is 4.97. The van der Waals surface area contributed by atoms with E-state index < -0.39 is 10.2 Å². The largest absolute Gasteiger partial charge is 0.309 e. The fourth-order valence-electron chi connectivity index (χ4n) is 3.65. The average Bonchev–Trinajstić information content (AvgIpc) is 3.28. The second-order valence-corrected chi connectivity index (χ2v) is 8.31. The van der Waals surface area contributed by atoms with E-state index in [1.54, 1.807) is 4.90 Å². The lowest BCUT2D eigenvalue weighted by atomic mass is 10.0. The smallest absolute Gasteiger partial charge is 0.301 e. The van der Waals surface area contributed by atoms with Crippen molar-refractivity contribution in [3.63, 3.8) is 0 Å². The number of fused-ring (bicyclic) bond motifs is 1. The van der Waals surface area contributed by atoms with Crippen molar-refractivity contribution >= 4 is 15.9 Å². The summed E-state index contributed by atoms with van der Waals surface area (Å²) in [7, 11) is -3.62. The van der Waals surface area contributed by atoms with Crippen LogP contribution in [0, 0.1) is 11.5 Å². The maximum atomic E-state index is 12.8. The number of anilines is 1. The first-order valence-corrected chi connectivity index (χ1v) is 10.1. The monoisotopic (exact) mass is 368 g/mol. The van der Waals surface area contributed by atoms with Gasteiger partial charge in [-0.05, 0) is 41.7 Å². The third-order valence-corrected chi connectivity index (χ3v) is 6.57. The van der Waals surface area contributed by atoms with Gasteiger partial charge in [0.2, 0.25) is 0 Å². The van der Waals surface area contributed by atoms with E-state index >= 15 is 0 Å². The van der Waals surface area contributed by atoms with Crippen molar-refractivity contribution in [2.45, 2.75) is 18.9 Å². The van der Waals surface area contributed by atoms with Crippen molar-refractivity contribution in [1.82, 2.24) is 9.62 Å². The summed E-state index contributed by atoms with van der Waals surface area (Å²) in [5.74, 6) is 0. The summed E-state index contributed by atoms with van der Waals surface area (Å²) in [6, 6.07) is 15.8. The van der Waals surface area contributed by atoms with Crippen molar-refractivity contribution < 1.29 is 8.42 Å². The molecule has 134 valence electrons. The van der Waals surface area contributed by atoms with E-state index in [2.05, 4.69) is 17.0 Å². The topological polar surface area (TPSA) is 76.4 Å². The minimum absolute atomic E-state index is 0.215. The quantitative estimate of drug-likeness (QED) is 0.839. The molecule has 2 aromatic rings. The van der Waals surface area contributed by atoms with Gasteiger partial charge < -0.3 is 4.90 Å². The Morgan fingerprint density at radius 1 is 1.08 bits per heavy atom. The maximum Gasteiger partial charge on any atom is 0.301 e. The van der Waals surface area contributed by atoms with Crippen LogP contribution in [-0.4, -0.2) is 39.0 Å². The lowest BCUT2D eigenvalue weighted by Gasteiger charge is -2.22. The first-order chi connectivity index (χ1) is 12.6. The Hall–Kier alpha value is -2.56. The molecule has 6 nitrogen and oxygen atoms in total. The molecule has 0 aromatic heterocycles. The van der Waals surface area contributed by atoms with Crippen molar-refractivity contribution in [2.75, 3.05) is 23.9 Å². The highest BCUT2D eigenvalue weighted by molar-refractivity contribution is 7.90. The van der Waals surface area contributed by atoms with Crippen LogP contribution in [0.25, 0.3) is 11.1 Å². The highest BCUT2D eigenvalue weighted by atomic mass is 32.2. The van der Waals surface area contributed by atoms with Gasteiger partial charge in [0.1, 0.15) is 0 Å². The van der Waals surface area contributed by atoms with E-state index in [0.717, 1.165) is 22.4 Å². The van der Waals surface area contributed by atoms with Gasteiger partial charge in [0.25, 0.3) is 0 Å². The SMILES string of the molecule is N#CN1CCC(NS(=O)(=O)N2CCc3cc(-c4ccccc4)ccc32)C1. The number of likely N-dealkylation sites (tertiary alicyclic amines) is 1. The van der Waals surface area contributed by atoms with E-state index in [0.29, 0.717) is 32.5 Å². The van der Waals surface area contributed by atoms with Crippen LogP contribution in [0.2, 0.25) is 0 Å². The van der Waals surface area contributed by atoms with Gasteiger partial charge in [0.15, 0.2) is 6.19 Å². The Kier molecular flexibility index (Phi) is 4.31. The maximum absolute atomic E-state index is 12.8. The van der Waals surface area contributed by atoms with Crippen LogP contribution in [0.3, 0.4) is 0 Å². The highest BCUT2D eigenvalue weighted by Gasteiger charge is 2.33. The Morgan fingerprint density at radius 3 is 2.62 bits per heavy atom. The van der Waals surface area contributed by atoms with Crippen LogP contribution in [0.1, 0.15) is 12.0 Å². The molecule has 1 fully saturated rings. The van der Waals surface area contributed by atoms with E-state index in [4.69, 9.17) is 5.26 Å². The molecule has 0 amide bonds. The lowest BCUT2D eigenvalue weighted by Crippen LogP contribution is -2.45. The predicted octanol–water partition coefficient (Wildman–Crippen LogP) is 2.11. The number of nitrogens with zero attached hydrogens (tertiary/aromatic N) is 3. The highest BCUT2D eigenvalue weighted by Crippen LogP contribution is 2.33. The first kappa shape index (κ1) is 16.9. The molecule has 1 N–H and O–H groups in total. The third kappa shape index (κ3) is 3.14. The van der Waals surface area contributed by atoms with Crippen molar-refractivity contribution in [3.8, 4) is 17.3 Å². The Morgan fingerprint density at radius 2 is 1.88 bits per heavy atom. The van der Waals surface area contributed by atoms with E-state index in [1.807, 2.05) is 42.5 Å². The molecule has 0 aliphatic carbocycles. The molecule has 1 unspecified atom stereocenters. The van der Waals surface area contributed by atoms with Crippen LogP contribution >= 0.6 is 0 Å². The number of benzene rings is 2. The normalized spacial score (nSPS) is 19.4. The van der Waals surface area contributed by atoms with Crippen LogP contribution in [-0.2, 0) is 16.6 Å². The van der Waals surface area contributed by atoms with Crippen LogP contribution < -0.4 is 9.03 Å². The Bertz CT molecular complexity index is 953. The average molecular weight is 368 g/mol. The second-order valence-electron chi connectivity index (χ2n) is 6.69. The zero-order valence-electron chi connectivity index (χ0n) is 14.3. The summed E-state index contributed by atoms with van der Waals surface area (Å²) in [6.07, 6.45) is 3.43. The molecule has 2 aromatic carbocycles. The molecule has 1 saturated heterocycles. The number of hydrogen-bond donors (Lipinski definition) is 1. The first-order valence-electron chi connectivity index (χ1n) is 8.70. The molecule has 2 heterocycles. The second kappa shape index (κ2) is 6.63. The number of nitrogens with one attached hydrogen (secondary N) is 1. The minimum Gasteiger partial charge on any atom is -0.309 e. The van der Waals surface area contributed by atoms with Crippen LogP contribution in [0.5, 0.6) is 0 Å². The Labute approximate surface area is 153 Å². The number of hydrogen-bond acceptors (Lipinski definition) is 4. The molecule has 26 heavy (non-hydrogen) atoms. The molecular formula is C19H20N4O2S. The molecular weight excluding hydrogens is 348 g/mol. The summed E-state index contributed by atoms with van der Waals surface area (Å²) < 4.78 is 29.8. The van der Waals surface area contributed by atoms with E-state index in [9.17, 15) is 8.42 Å². The molecule has 7 heteroatoms. The number of nitriles is 1. The summed E-state index contributed by atoms with van der Waals surface area (Å²) in [6.45, 7) is 1.47. The molecule has 4 rings (SSSR count). The summed E-state index contributed by atoms with van der Waals surface area (Å²) in [5.41, 5.74) is 4.00. The van der Waals surface area contributed by atoms with E-state index in [-0.39, 0.29) is 6.04 Å². The van der Waals surface area contributed by atoms with Crippen molar-refractivity contribution in [1.29, 1.82) is 5.26 Å². The molecule has 1 atom stereocenters. The zero-order valence-corrected chi connectivity index (χ0v) is 15.1.